The molecule has 1 aliphatic rings. The van der Waals surface area contributed by atoms with E-state index in [-0.39, 0.29) is 5.82 Å². The summed E-state index contributed by atoms with van der Waals surface area (Å²) in [5.41, 5.74) is 5.28. The number of aryl methyl sites for hydroxylation is 2. The lowest BCUT2D eigenvalue weighted by molar-refractivity contribution is 0.628. The maximum atomic E-state index is 13.7. The van der Waals surface area contributed by atoms with Gasteiger partial charge in [0.1, 0.15) is 11.7 Å². The fourth-order valence-electron chi connectivity index (χ4n) is 2.75. The van der Waals surface area contributed by atoms with Gasteiger partial charge in [-0.05, 0) is 54.3 Å². The summed E-state index contributed by atoms with van der Waals surface area (Å²) in [6.45, 7) is 5.74. The van der Waals surface area contributed by atoms with Crippen LogP contribution in [0.3, 0.4) is 0 Å². The standard InChI is InChI=1S/C17H17FN2/c1-11-4-3-5-12(2)16(11)15-10-13(18)6-7-14(15)17-19-8-9-20-17/h3-7,10H,8-9H2,1-2H3,(H,19,20). The van der Waals surface area contributed by atoms with Crippen molar-refractivity contribution in [3.63, 3.8) is 0 Å². The zero-order valence-corrected chi connectivity index (χ0v) is 11.7. The third-order valence-corrected chi connectivity index (χ3v) is 3.66. The van der Waals surface area contributed by atoms with Crippen molar-refractivity contribution in [2.24, 2.45) is 4.99 Å². The molecule has 20 heavy (non-hydrogen) atoms. The van der Waals surface area contributed by atoms with E-state index in [1.807, 2.05) is 12.1 Å². The number of hydrogen-bond donors (Lipinski definition) is 1. The van der Waals surface area contributed by atoms with Crippen LogP contribution in [0.1, 0.15) is 16.7 Å². The fraction of sp³-hybridized carbons (Fsp3) is 0.235. The normalized spacial score (nSPS) is 14.1. The number of nitrogens with one attached hydrogen (secondary N) is 1. The Kier molecular flexibility index (Phi) is 3.26. The number of nitrogens with zero attached hydrogens (tertiary/aromatic N) is 1. The van der Waals surface area contributed by atoms with Gasteiger partial charge in [0.2, 0.25) is 0 Å². The molecule has 0 aromatic heterocycles. The number of benzene rings is 2. The van der Waals surface area contributed by atoms with Crippen molar-refractivity contribution < 1.29 is 4.39 Å². The van der Waals surface area contributed by atoms with E-state index in [1.165, 1.54) is 6.07 Å². The van der Waals surface area contributed by atoms with E-state index >= 15 is 0 Å². The predicted octanol–water partition coefficient (Wildman–Crippen LogP) is 3.46. The molecule has 2 aromatic rings. The second kappa shape index (κ2) is 5.08. The van der Waals surface area contributed by atoms with Crippen molar-refractivity contribution in [1.29, 1.82) is 0 Å². The Morgan fingerprint density at radius 3 is 2.45 bits per heavy atom. The molecule has 0 aliphatic carbocycles. The molecule has 1 heterocycles. The van der Waals surface area contributed by atoms with Gasteiger partial charge in [-0.15, -0.1) is 0 Å². The summed E-state index contributed by atoms with van der Waals surface area (Å²) in [7, 11) is 0. The monoisotopic (exact) mass is 268 g/mol. The highest BCUT2D eigenvalue weighted by molar-refractivity contribution is 6.05. The molecule has 2 aromatic carbocycles. The second-order valence-corrected chi connectivity index (χ2v) is 5.11. The lowest BCUT2D eigenvalue weighted by Gasteiger charge is -2.15. The first kappa shape index (κ1) is 12.9. The fourth-order valence-corrected chi connectivity index (χ4v) is 2.75. The van der Waals surface area contributed by atoms with Crippen LogP contribution < -0.4 is 5.32 Å². The van der Waals surface area contributed by atoms with Crippen LogP contribution in [0.5, 0.6) is 0 Å². The van der Waals surface area contributed by atoms with E-state index in [0.29, 0.717) is 0 Å². The summed E-state index contributed by atoms with van der Waals surface area (Å²) < 4.78 is 13.7. The molecule has 0 saturated carbocycles. The zero-order chi connectivity index (χ0) is 14.1. The molecular formula is C17H17FN2. The molecule has 0 amide bonds. The minimum atomic E-state index is -0.218. The van der Waals surface area contributed by atoms with Crippen LogP contribution >= 0.6 is 0 Å². The van der Waals surface area contributed by atoms with Gasteiger partial charge in [0.05, 0.1) is 6.54 Å². The Labute approximate surface area is 118 Å². The number of halogens is 1. The van der Waals surface area contributed by atoms with Gasteiger partial charge in [0.15, 0.2) is 0 Å². The van der Waals surface area contributed by atoms with Gasteiger partial charge in [-0.3, -0.25) is 4.99 Å². The van der Waals surface area contributed by atoms with Crippen LogP contribution in [0.2, 0.25) is 0 Å². The van der Waals surface area contributed by atoms with E-state index in [9.17, 15) is 4.39 Å². The van der Waals surface area contributed by atoms with Crippen LogP contribution in [-0.4, -0.2) is 18.9 Å². The topological polar surface area (TPSA) is 24.4 Å². The molecule has 0 spiro atoms. The summed E-state index contributed by atoms with van der Waals surface area (Å²) in [4.78, 5) is 4.46. The lowest BCUT2D eigenvalue weighted by Crippen LogP contribution is -2.20. The summed E-state index contributed by atoms with van der Waals surface area (Å²) in [6.07, 6.45) is 0. The molecule has 1 N–H and O–H groups in total. The minimum Gasteiger partial charge on any atom is -0.368 e. The van der Waals surface area contributed by atoms with Crippen molar-refractivity contribution in [2.75, 3.05) is 13.1 Å². The Hall–Kier alpha value is -2.16. The van der Waals surface area contributed by atoms with Crippen molar-refractivity contribution in [1.82, 2.24) is 5.32 Å². The second-order valence-electron chi connectivity index (χ2n) is 5.11. The van der Waals surface area contributed by atoms with Gasteiger partial charge in [-0.25, -0.2) is 4.39 Å². The maximum Gasteiger partial charge on any atom is 0.129 e. The third-order valence-electron chi connectivity index (χ3n) is 3.66. The highest BCUT2D eigenvalue weighted by atomic mass is 19.1. The van der Waals surface area contributed by atoms with Crippen LogP contribution in [0.4, 0.5) is 4.39 Å². The van der Waals surface area contributed by atoms with E-state index in [4.69, 9.17) is 0 Å². The Balaban J connectivity index is 2.24. The average Bonchev–Trinajstić information content (AvgIpc) is 2.92. The first-order chi connectivity index (χ1) is 9.66. The largest absolute Gasteiger partial charge is 0.368 e. The Morgan fingerprint density at radius 1 is 1.05 bits per heavy atom. The highest BCUT2D eigenvalue weighted by Crippen LogP contribution is 2.31. The third kappa shape index (κ3) is 2.20. The number of hydrogen-bond acceptors (Lipinski definition) is 2. The lowest BCUT2D eigenvalue weighted by atomic mass is 9.92. The smallest absolute Gasteiger partial charge is 0.129 e. The average molecular weight is 268 g/mol. The van der Waals surface area contributed by atoms with Crippen molar-refractivity contribution in [3.05, 3.63) is 58.9 Å². The van der Waals surface area contributed by atoms with Gasteiger partial charge in [-0.1, -0.05) is 18.2 Å². The molecule has 3 rings (SSSR count). The molecule has 102 valence electrons. The van der Waals surface area contributed by atoms with Crippen LogP contribution in [0.25, 0.3) is 11.1 Å². The summed E-state index contributed by atoms with van der Waals surface area (Å²) in [5, 5.41) is 3.27. The van der Waals surface area contributed by atoms with Gasteiger partial charge >= 0.3 is 0 Å². The van der Waals surface area contributed by atoms with Crippen LogP contribution in [-0.2, 0) is 0 Å². The van der Waals surface area contributed by atoms with Gasteiger partial charge in [-0.2, -0.15) is 0 Å². The van der Waals surface area contributed by atoms with Crippen LogP contribution in [0, 0.1) is 19.7 Å². The van der Waals surface area contributed by atoms with Gasteiger partial charge in [0, 0.05) is 12.1 Å². The van der Waals surface area contributed by atoms with E-state index in [2.05, 4.69) is 36.3 Å². The Morgan fingerprint density at radius 2 is 1.80 bits per heavy atom. The minimum absolute atomic E-state index is 0.218. The molecule has 0 atom stereocenters. The molecule has 0 unspecified atom stereocenters. The number of rotatable bonds is 2. The molecule has 0 radical (unpaired) electrons. The van der Waals surface area contributed by atoms with Gasteiger partial charge < -0.3 is 5.32 Å². The summed E-state index contributed by atoms with van der Waals surface area (Å²) >= 11 is 0. The van der Waals surface area contributed by atoms with Crippen molar-refractivity contribution >= 4 is 5.84 Å². The Bertz CT molecular complexity index is 669. The predicted molar refractivity (Wildman–Crippen MR) is 80.7 cm³/mol. The molecule has 0 bridgehead atoms. The van der Waals surface area contributed by atoms with E-state index < -0.39 is 0 Å². The molecule has 0 saturated heterocycles. The van der Waals surface area contributed by atoms with Gasteiger partial charge in [0.25, 0.3) is 0 Å². The summed E-state index contributed by atoms with van der Waals surface area (Å²) in [6, 6.07) is 11.1. The molecule has 3 heteroatoms. The van der Waals surface area contributed by atoms with Crippen molar-refractivity contribution in [3.8, 4) is 11.1 Å². The zero-order valence-electron chi connectivity index (χ0n) is 11.7. The number of aliphatic imine (C=N–C) groups is 1. The van der Waals surface area contributed by atoms with Crippen LogP contribution in [0.15, 0.2) is 41.4 Å². The molecule has 2 nitrogen and oxygen atoms in total. The molecular weight excluding hydrogens is 251 g/mol. The molecule has 1 aliphatic heterocycles. The number of amidine groups is 1. The molecule has 0 fully saturated rings. The van der Waals surface area contributed by atoms with E-state index in [1.54, 1.807) is 6.07 Å². The maximum absolute atomic E-state index is 13.7. The van der Waals surface area contributed by atoms with Crippen molar-refractivity contribution in [2.45, 2.75) is 13.8 Å². The summed E-state index contributed by atoms with van der Waals surface area (Å²) in [5.74, 6) is 0.646. The first-order valence-corrected chi connectivity index (χ1v) is 6.81. The quantitative estimate of drug-likeness (QED) is 0.886. The first-order valence-electron chi connectivity index (χ1n) is 6.81. The van der Waals surface area contributed by atoms with E-state index in [0.717, 1.165) is 46.7 Å². The highest BCUT2D eigenvalue weighted by Gasteiger charge is 2.17. The SMILES string of the molecule is Cc1cccc(C)c1-c1cc(F)ccc1C1=NCCN1.